The number of carboxylic acid groups (broad SMARTS) is 1. The van der Waals surface area contributed by atoms with Crippen LogP contribution in [0.4, 0.5) is 0 Å². The molecule has 1 aliphatic carbocycles. The summed E-state index contributed by atoms with van der Waals surface area (Å²) in [5.74, 6) is -1.44. The topological polar surface area (TPSA) is 70.5 Å². The minimum Gasteiger partial charge on any atom is -0.476 e. The second kappa shape index (κ2) is 3.92. The smallest absolute Gasteiger partial charge is 0.355 e. The van der Waals surface area contributed by atoms with Gasteiger partial charge in [0.2, 0.25) is 0 Å². The van der Waals surface area contributed by atoms with E-state index in [-0.39, 0.29) is 23.2 Å². The quantitative estimate of drug-likeness (QED) is 0.825. The van der Waals surface area contributed by atoms with Gasteiger partial charge in [-0.2, -0.15) is 0 Å². The highest BCUT2D eigenvalue weighted by Crippen LogP contribution is 2.27. The monoisotopic (exact) mass is 220 g/mol. The second-order valence-corrected chi connectivity index (χ2v) is 3.85. The number of hydrogen-bond acceptors (Lipinski definition) is 3. The van der Waals surface area contributed by atoms with Crippen molar-refractivity contribution in [2.75, 3.05) is 7.05 Å². The van der Waals surface area contributed by atoms with Gasteiger partial charge in [-0.15, -0.1) is 0 Å². The van der Waals surface area contributed by atoms with Crippen molar-refractivity contribution in [1.82, 2.24) is 9.88 Å². The number of pyridine rings is 1. The number of aromatic carboxylic acids is 1. The maximum Gasteiger partial charge on any atom is 0.355 e. The van der Waals surface area contributed by atoms with Gasteiger partial charge in [0.05, 0.1) is 5.56 Å². The van der Waals surface area contributed by atoms with Crippen LogP contribution in [0, 0.1) is 0 Å². The molecule has 0 spiro atoms. The number of carbonyl (C=O) groups excluding carboxylic acids is 1. The van der Waals surface area contributed by atoms with Gasteiger partial charge in [0.1, 0.15) is 0 Å². The Morgan fingerprint density at radius 2 is 2.19 bits per heavy atom. The largest absolute Gasteiger partial charge is 0.476 e. The van der Waals surface area contributed by atoms with E-state index in [2.05, 4.69) is 4.98 Å². The molecule has 1 aliphatic rings. The van der Waals surface area contributed by atoms with Crippen molar-refractivity contribution in [3.63, 3.8) is 0 Å². The molecule has 0 aromatic carbocycles. The van der Waals surface area contributed by atoms with Crippen LogP contribution in [0.5, 0.6) is 0 Å². The molecule has 16 heavy (non-hydrogen) atoms. The lowest BCUT2D eigenvalue weighted by molar-refractivity contribution is 0.0673. The highest BCUT2D eigenvalue weighted by molar-refractivity contribution is 6.03. The molecule has 84 valence electrons. The molecule has 1 aromatic heterocycles. The van der Waals surface area contributed by atoms with Crippen molar-refractivity contribution in [3.8, 4) is 0 Å². The molecular weight excluding hydrogens is 208 g/mol. The van der Waals surface area contributed by atoms with Crippen molar-refractivity contribution >= 4 is 11.9 Å². The van der Waals surface area contributed by atoms with Gasteiger partial charge in [0.15, 0.2) is 5.69 Å². The molecule has 0 atom stereocenters. The van der Waals surface area contributed by atoms with Crippen molar-refractivity contribution in [1.29, 1.82) is 0 Å². The molecule has 0 saturated heterocycles. The molecule has 0 unspecified atom stereocenters. The standard InChI is InChI=1S/C11H12N2O3/c1-13(7-4-5-7)10(14)8-3-2-6-12-9(8)11(15)16/h2-3,6-7H,4-5H2,1H3,(H,15,16). The normalized spacial score (nSPS) is 14.6. The van der Waals surface area contributed by atoms with Gasteiger partial charge < -0.3 is 10.0 Å². The van der Waals surface area contributed by atoms with Gasteiger partial charge in [0, 0.05) is 19.3 Å². The molecule has 5 heteroatoms. The first-order valence-electron chi connectivity index (χ1n) is 5.06. The highest BCUT2D eigenvalue weighted by Gasteiger charge is 2.31. The Balaban J connectivity index is 2.31. The summed E-state index contributed by atoms with van der Waals surface area (Å²) in [5, 5.41) is 8.92. The summed E-state index contributed by atoms with van der Waals surface area (Å²) in [6, 6.07) is 3.33. The van der Waals surface area contributed by atoms with Crippen molar-refractivity contribution in [2.24, 2.45) is 0 Å². The summed E-state index contributed by atoms with van der Waals surface area (Å²) in [4.78, 5) is 28.2. The van der Waals surface area contributed by atoms with Crippen LogP contribution >= 0.6 is 0 Å². The molecule has 0 aliphatic heterocycles. The maximum atomic E-state index is 12.0. The lowest BCUT2D eigenvalue weighted by Crippen LogP contribution is -2.30. The molecule has 1 fully saturated rings. The predicted molar refractivity (Wildman–Crippen MR) is 56.3 cm³/mol. The summed E-state index contributed by atoms with van der Waals surface area (Å²) < 4.78 is 0. The first-order valence-corrected chi connectivity index (χ1v) is 5.06. The third kappa shape index (κ3) is 1.88. The van der Waals surface area contributed by atoms with Crippen molar-refractivity contribution in [3.05, 3.63) is 29.6 Å². The third-order valence-electron chi connectivity index (χ3n) is 2.66. The number of carbonyl (C=O) groups is 2. The van der Waals surface area contributed by atoms with E-state index < -0.39 is 5.97 Å². The average molecular weight is 220 g/mol. The molecule has 1 N–H and O–H groups in total. The lowest BCUT2D eigenvalue weighted by Gasteiger charge is -2.16. The van der Waals surface area contributed by atoms with E-state index >= 15 is 0 Å². The molecule has 1 saturated carbocycles. The van der Waals surface area contributed by atoms with E-state index in [9.17, 15) is 9.59 Å². The zero-order valence-electron chi connectivity index (χ0n) is 8.88. The molecule has 2 rings (SSSR count). The first kappa shape index (κ1) is 10.6. The number of carboxylic acids is 1. The summed E-state index contributed by atoms with van der Waals surface area (Å²) in [7, 11) is 1.69. The van der Waals surface area contributed by atoms with Gasteiger partial charge in [-0.25, -0.2) is 9.78 Å². The maximum absolute atomic E-state index is 12.0. The Morgan fingerprint density at radius 3 is 2.75 bits per heavy atom. The van der Waals surface area contributed by atoms with Crippen molar-refractivity contribution < 1.29 is 14.7 Å². The van der Waals surface area contributed by atoms with Gasteiger partial charge in [0.25, 0.3) is 5.91 Å². The second-order valence-electron chi connectivity index (χ2n) is 3.85. The summed E-state index contributed by atoms with van der Waals surface area (Å²) >= 11 is 0. The Labute approximate surface area is 92.7 Å². The number of aromatic nitrogens is 1. The van der Waals surface area contributed by atoms with Gasteiger partial charge in [-0.3, -0.25) is 4.79 Å². The Morgan fingerprint density at radius 1 is 1.50 bits per heavy atom. The molecule has 1 amide bonds. The zero-order valence-corrected chi connectivity index (χ0v) is 8.88. The fourth-order valence-corrected chi connectivity index (χ4v) is 1.57. The van der Waals surface area contributed by atoms with Gasteiger partial charge >= 0.3 is 5.97 Å². The summed E-state index contributed by atoms with van der Waals surface area (Å²) in [5.41, 5.74) is -0.0237. The van der Waals surface area contributed by atoms with E-state index in [1.54, 1.807) is 18.0 Å². The summed E-state index contributed by atoms with van der Waals surface area (Å²) in [6.07, 6.45) is 3.35. The number of rotatable bonds is 3. The van der Waals surface area contributed by atoms with Crippen LogP contribution in [-0.4, -0.2) is 40.0 Å². The first-order chi connectivity index (χ1) is 7.61. The molecular formula is C11H12N2O3. The Hall–Kier alpha value is -1.91. The van der Waals surface area contributed by atoms with E-state index in [4.69, 9.17) is 5.11 Å². The number of nitrogens with zero attached hydrogens (tertiary/aromatic N) is 2. The lowest BCUT2D eigenvalue weighted by atomic mass is 10.1. The average Bonchev–Trinajstić information content (AvgIpc) is 3.11. The van der Waals surface area contributed by atoms with Crippen LogP contribution < -0.4 is 0 Å². The molecule has 0 bridgehead atoms. The van der Waals surface area contributed by atoms with E-state index in [0.29, 0.717) is 0 Å². The predicted octanol–water partition coefficient (Wildman–Crippen LogP) is 1.01. The van der Waals surface area contributed by atoms with Gasteiger partial charge in [-0.1, -0.05) is 0 Å². The Kier molecular flexibility index (Phi) is 2.60. The van der Waals surface area contributed by atoms with Crippen LogP contribution in [0.2, 0.25) is 0 Å². The van der Waals surface area contributed by atoms with Crippen LogP contribution in [0.1, 0.15) is 33.7 Å². The van der Waals surface area contributed by atoms with Crippen LogP contribution in [-0.2, 0) is 0 Å². The molecule has 1 aromatic rings. The van der Waals surface area contributed by atoms with Gasteiger partial charge in [-0.05, 0) is 25.0 Å². The molecule has 0 radical (unpaired) electrons. The minimum atomic E-state index is -1.17. The Bertz CT molecular complexity index is 441. The minimum absolute atomic E-state index is 0.157. The number of hydrogen-bond donors (Lipinski definition) is 1. The highest BCUT2D eigenvalue weighted by atomic mass is 16.4. The van der Waals surface area contributed by atoms with Crippen LogP contribution in [0.15, 0.2) is 18.3 Å². The zero-order chi connectivity index (χ0) is 11.7. The third-order valence-corrected chi connectivity index (χ3v) is 2.66. The van der Waals surface area contributed by atoms with Crippen LogP contribution in [0.3, 0.4) is 0 Å². The number of amides is 1. The van der Waals surface area contributed by atoms with Crippen molar-refractivity contribution in [2.45, 2.75) is 18.9 Å². The van der Waals surface area contributed by atoms with E-state index in [1.165, 1.54) is 12.3 Å². The molecule has 5 nitrogen and oxygen atoms in total. The molecule has 1 heterocycles. The van der Waals surface area contributed by atoms with E-state index in [0.717, 1.165) is 12.8 Å². The van der Waals surface area contributed by atoms with E-state index in [1.807, 2.05) is 0 Å². The van der Waals surface area contributed by atoms with Crippen LogP contribution in [0.25, 0.3) is 0 Å². The fraction of sp³-hybridized carbons (Fsp3) is 0.364. The SMILES string of the molecule is CN(C(=O)c1cccnc1C(=O)O)C1CC1. The fourth-order valence-electron chi connectivity index (χ4n) is 1.57. The summed E-state index contributed by atoms with van der Waals surface area (Å²) in [6.45, 7) is 0.